The Bertz CT molecular complexity index is 553. The lowest BCUT2D eigenvalue weighted by Crippen LogP contribution is -1.95. The highest BCUT2D eigenvalue weighted by molar-refractivity contribution is 5.86. The summed E-state index contributed by atoms with van der Waals surface area (Å²) < 4.78 is 0. The third-order valence-corrected chi connectivity index (χ3v) is 1.89. The van der Waals surface area contributed by atoms with Gasteiger partial charge in [-0.05, 0) is 6.07 Å². The van der Waals surface area contributed by atoms with Crippen molar-refractivity contribution in [1.82, 2.24) is 9.97 Å². The number of nitro groups is 1. The van der Waals surface area contributed by atoms with Gasteiger partial charge in [-0.2, -0.15) is 0 Å². The molecule has 0 atom stereocenters. The van der Waals surface area contributed by atoms with Crippen molar-refractivity contribution in [3.8, 4) is 0 Å². The molecule has 74 valence electrons. The summed E-state index contributed by atoms with van der Waals surface area (Å²) in [6, 6.07) is 4.42. The first kappa shape index (κ1) is 9.20. The van der Waals surface area contributed by atoms with Crippen LogP contribution in [-0.4, -0.2) is 21.2 Å². The smallest absolute Gasteiger partial charge is 0.296 e. The van der Waals surface area contributed by atoms with Crippen LogP contribution >= 0.6 is 0 Å². The standard InChI is InChI=1S/C9H5N3O3/c13-5-6-4-10-9-7(11-6)2-1-3-8(9)12(14)15/h1-5H. The predicted molar refractivity (Wildman–Crippen MR) is 51.6 cm³/mol. The third-order valence-electron chi connectivity index (χ3n) is 1.89. The Balaban J connectivity index is 2.77. The van der Waals surface area contributed by atoms with E-state index in [1.807, 2.05) is 0 Å². The average Bonchev–Trinajstić information content (AvgIpc) is 2.27. The fourth-order valence-corrected chi connectivity index (χ4v) is 1.24. The lowest BCUT2D eigenvalue weighted by atomic mass is 10.2. The minimum absolute atomic E-state index is 0.113. The number of hydrogen-bond acceptors (Lipinski definition) is 5. The Labute approximate surface area is 83.7 Å². The van der Waals surface area contributed by atoms with Gasteiger partial charge in [0.05, 0.1) is 16.6 Å². The van der Waals surface area contributed by atoms with Gasteiger partial charge in [0.2, 0.25) is 0 Å². The van der Waals surface area contributed by atoms with Gasteiger partial charge in [0.25, 0.3) is 5.69 Å². The Kier molecular flexibility index (Phi) is 2.09. The highest BCUT2D eigenvalue weighted by Gasteiger charge is 2.13. The molecule has 0 aliphatic rings. The minimum atomic E-state index is -0.530. The number of para-hydroxylation sites is 1. The summed E-state index contributed by atoms with van der Waals surface area (Å²) in [5.74, 6) is 0. The number of aromatic nitrogens is 2. The Morgan fingerprint density at radius 3 is 2.87 bits per heavy atom. The summed E-state index contributed by atoms with van der Waals surface area (Å²) in [6.45, 7) is 0. The van der Waals surface area contributed by atoms with Crippen LogP contribution in [0.15, 0.2) is 24.4 Å². The first-order chi connectivity index (χ1) is 7.22. The second-order valence-corrected chi connectivity index (χ2v) is 2.81. The van der Waals surface area contributed by atoms with Gasteiger partial charge in [-0.1, -0.05) is 6.07 Å². The van der Waals surface area contributed by atoms with Crippen LogP contribution in [0.2, 0.25) is 0 Å². The molecule has 0 N–H and O–H groups in total. The molecule has 0 unspecified atom stereocenters. The molecular weight excluding hydrogens is 198 g/mol. The van der Waals surface area contributed by atoms with Crippen molar-refractivity contribution >= 4 is 23.0 Å². The van der Waals surface area contributed by atoms with Crippen molar-refractivity contribution in [2.45, 2.75) is 0 Å². The van der Waals surface area contributed by atoms with Gasteiger partial charge in [0, 0.05) is 6.07 Å². The molecule has 1 heterocycles. The molecule has 2 rings (SSSR count). The third kappa shape index (κ3) is 1.52. The number of aldehydes is 1. The monoisotopic (exact) mass is 203 g/mol. The molecule has 6 heteroatoms. The van der Waals surface area contributed by atoms with E-state index >= 15 is 0 Å². The molecule has 0 saturated heterocycles. The number of nitro benzene ring substituents is 1. The first-order valence-electron chi connectivity index (χ1n) is 4.07. The number of fused-ring (bicyclic) bond motifs is 1. The lowest BCUT2D eigenvalue weighted by Gasteiger charge is -1.97. The van der Waals surface area contributed by atoms with E-state index in [1.165, 1.54) is 18.3 Å². The van der Waals surface area contributed by atoms with E-state index in [-0.39, 0.29) is 16.9 Å². The van der Waals surface area contributed by atoms with E-state index in [2.05, 4.69) is 9.97 Å². The molecule has 2 aromatic rings. The Hall–Kier alpha value is -2.37. The molecule has 0 bridgehead atoms. The fraction of sp³-hybridized carbons (Fsp3) is 0. The van der Waals surface area contributed by atoms with Gasteiger partial charge in [-0.15, -0.1) is 0 Å². The van der Waals surface area contributed by atoms with Crippen LogP contribution in [0.3, 0.4) is 0 Å². The van der Waals surface area contributed by atoms with Crippen LogP contribution in [0, 0.1) is 10.1 Å². The van der Waals surface area contributed by atoms with Gasteiger partial charge < -0.3 is 0 Å². The summed E-state index contributed by atoms with van der Waals surface area (Å²) in [5, 5.41) is 10.6. The van der Waals surface area contributed by atoms with Crippen LogP contribution < -0.4 is 0 Å². The van der Waals surface area contributed by atoms with Crippen LogP contribution in [0.4, 0.5) is 5.69 Å². The number of carbonyl (C=O) groups excluding carboxylic acids is 1. The van der Waals surface area contributed by atoms with Gasteiger partial charge in [-0.25, -0.2) is 9.97 Å². The zero-order valence-corrected chi connectivity index (χ0v) is 7.45. The normalized spacial score (nSPS) is 10.1. The molecule has 0 aliphatic carbocycles. The Morgan fingerprint density at radius 1 is 1.40 bits per heavy atom. The quantitative estimate of drug-likeness (QED) is 0.417. The number of carbonyl (C=O) groups is 1. The molecule has 0 aliphatic heterocycles. The first-order valence-corrected chi connectivity index (χ1v) is 4.07. The number of rotatable bonds is 2. The SMILES string of the molecule is O=Cc1cnc2c([N+](=O)[O-])cccc2n1. The van der Waals surface area contributed by atoms with E-state index in [9.17, 15) is 14.9 Å². The maximum Gasteiger partial charge on any atom is 0.297 e. The maximum atomic E-state index is 10.6. The molecule has 1 aromatic carbocycles. The number of non-ortho nitro benzene ring substituents is 1. The molecule has 15 heavy (non-hydrogen) atoms. The second kappa shape index (κ2) is 3.41. The van der Waals surface area contributed by atoms with Crippen molar-refractivity contribution in [2.75, 3.05) is 0 Å². The van der Waals surface area contributed by atoms with Crippen LogP contribution in [0.5, 0.6) is 0 Å². The summed E-state index contributed by atoms with van der Waals surface area (Å²) in [6.07, 6.45) is 1.76. The van der Waals surface area contributed by atoms with Gasteiger partial charge in [0.1, 0.15) is 5.69 Å². The fourth-order valence-electron chi connectivity index (χ4n) is 1.24. The lowest BCUT2D eigenvalue weighted by molar-refractivity contribution is -0.383. The summed E-state index contributed by atoms with van der Waals surface area (Å²) in [7, 11) is 0. The Morgan fingerprint density at radius 2 is 2.20 bits per heavy atom. The highest BCUT2D eigenvalue weighted by atomic mass is 16.6. The number of hydrogen-bond donors (Lipinski definition) is 0. The van der Waals surface area contributed by atoms with E-state index in [4.69, 9.17) is 0 Å². The maximum absolute atomic E-state index is 10.6. The summed E-state index contributed by atoms with van der Waals surface area (Å²) in [5.41, 5.74) is 0.572. The second-order valence-electron chi connectivity index (χ2n) is 2.81. The van der Waals surface area contributed by atoms with E-state index in [0.717, 1.165) is 0 Å². The molecule has 6 nitrogen and oxygen atoms in total. The molecule has 0 spiro atoms. The van der Waals surface area contributed by atoms with Crippen molar-refractivity contribution in [3.63, 3.8) is 0 Å². The minimum Gasteiger partial charge on any atom is -0.296 e. The van der Waals surface area contributed by atoms with Gasteiger partial charge in [0.15, 0.2) is 11.8 Å². The van der Waals surface area contributed by atoms with Crippen molar-refractivity contribution < 1.29 is 9.72 Å². The van der Waals surface area contributed by atoms with Crippen LogP contribution in [0.1, 0.15) is 10.5 Å². The number of benzene rings is 1. The van der Waals surface area contributed by atoms with Crippen molar-refractivity contribution in [3.05, 3.63) is 40.2 Å². The van der Waals surface area contributed by atoms with E-state index < -0.39 is 4.92 Å². The predicted octanol–water partition coefficient (Wildman–Crippen LogP) is 1.35. The van der Waals surface area contributed by atoms with E-state index in [0.29, 0.717) is 11.8 Å². The number of nitrogens with zero attached hydrogens (tertiary/aromatic N) is 3. The van der Waals surface area contributed by atoms with Crippen LogP contribution in [-0.2, 0) is 0 Å². The molecule has 0 saturated carbocycles. The van der Waals surface area contributed by atoms with Gasteiger partial charge in [-0.3, -0.25) is 14.9 Å². The highest BCUT2D eigenvalue weighted by Crippen LogP contribution is 2.21. The largest absolute Gasteiger partial charge is 0.297 e. The summed E-state index contributed by atoms with van der Waals surface area (Å²) >= 11 is 0. The average molecular weight is 203 g/mol. The van der Waals surface area contributed by atoms with Crippen LogP contribution in [0.25, 0.3) is 11.0 Å². The zero-order chi connectivity index (χ0) is 10.8. The van der Waals surface area contributed by atoms with Crippen molar-refractivity contribution in [2.24, 2.45) is 0 Å². The molecule has 0 amide bonds. The molecule has 0 radical (unpaired) electrons. The topological polar surface area (TPSA) is 86.0 Å². The zero-order valence-electron chi connectivity index (χ0n) is 7.45. The summed E-state index contributed by atoms with van der Waals surface area (Å²) in [4.78, 5) is 28.3. The molecular formula is C9H5N3O3. The molecule has 0 fully saturated rings. The van der Waals surface area contributed by atoms with Crippen molar-refractivity contribution in [1.29, 1.82) is 0 Å². The molecule has 1 aromatic heterocycles. The van der Waals surface area contributed by atoms with E-state index in [1.54, 1.807) is 6.07 Å². The van der Waals surface area contributed by atoms with Gasteiger partial charge >= 0.3 is 0 Å².